The first-order valence-electron chi connectivity index (χ1n) is 9.52. The molecule has 3 heterocycles. The van der Waals surface area contributed by atoms with E-state index in [1.807, 2.05) is 59.2 Å². The summed E-state index contributed by atoms with van der Waals surface area (Å²) in [6, 6.07) is 17.5. The molecule has 2 aromatic carbocycles. The molecule has 1 N–H and O–H groups in total. The van der Waals surface area contributed by atoms with E-state index < -0.39 is 0 Å². The highest BCUT2D eigenvalue weighted by molar-refractivity contribution is 7.99. The smallest absolute Gasteiger partial charge is 0.236 e. The Labute approximate surface area is 185 Å². The first-order valence-corrected chi connectivity index (χ1v) is 11.3. The molecular formula is C22H17N5O2S2. The number of fused-ring (bicyclic) bond motifs is 2. The molecule has 0 saturated heterocycles. The highest BCUT2D eigenvalue weighted by Gasteiger charge is 2.18. The normalized spacial score (nSPS) is 11.2. The van der Waals surface area contributed by atoms with Gasteiger partial charge in [0.15, 0.2) is 16.0 Å². The van der Waals surface area contributed by atoms with Gasteiger partial charge in [0.05, 0.1) is 16.0 Å². The minimum atomic E-state index is -0.150. The third-order valence-corrected chi connectivity index (χ3v) is 6.47. The molecule has 0 aliphatic carbocycles. The van der Waals surface area contributed by atoms with E-state index in [1.54, 1.807) is 6.08 Å². The van der Waals surface area contributed by atoms with Crippen molar-refractivity contribution in [3.05, 3.63) is 67.3 Å². The largest absolute Gasteiger partial charge is 0.453 e. The molecule has 7 nitrogen and oxygen atoms in total. The predicted octanol–water partition coefficient (Wildman–Crippen LogP) is 5.22. The van der Waals surface area contributed by atoms with Crippen LogP contribution in [0.5, 0.6) is 0 Å². The van der Waals surface area contributed by atoms with Crippen LogP contribution in [0.3, 0.4) is 0 Å². The number of hydrogen-bond donors (Lipinski definition) is 1. The Morgan fingerprint density at radius 3 is 2.87 bits per heavy atom. The summed E-state index contributed by atoms with van der Waals surface area (Å²) >= 11 is 2.76. The molecule has 0 fully saturated rings. The molecule has 1 amide bonds. The number of carbonyl (C=O) groups is 1. The number of allylic oxidation sites excluding steroid dienone is 1. The van der Waals surface area contributed by atoms with E-state index >= 15 is 0 Å². The molecule has 9 heteroatoms. The quantitative estimate of drug-likeness (QED) is 0.272. The summed E-state index contributed by atoms with van der Waals surface area (Å²) in [4.78, 5) is 16.9. The third-order valence-electron chi connectivity index (χ3n) is 4.55. The lowest BCUT2D eigenvalue weighted by Gasteiger charge is -2.06. The lowest BCUT2D eigenvalue weighted by atomic mass is 10.2. The molecule has 5 rings (SSSR count). The number of rotatable bonds is 7. The number of nitrogens with zero attached hydrogens (tertiary/aromatic N) is 4. The minimum absolute atomic E-state index is 0.150. The minimum Gasteiger partial charge on any atom is -0.453 e. The molecule has 0 radical (unpaired) electrons. The molecule has 0 spiro atoms. The monoisotopic (exact) mass is 447 g/mol. The molecule has 31 heavy (non-hydrogen) atoms. The van der Waals surface area contributed by atoms with Gasteiger partial charge < -0.3 is 9.73 Å². The summed E-state index contributed by atoms with van der Waals surface area (Å²) < 4.78 is 8.86. The van der Waals surface area contributed by atoms with Crippen LogP contribution in [-0.2, 0) is 11.3 Å². The maximum absolute atomic E-state index is 12.5. The molecule has 0 aliphatic rings. The van der Waals surface area contributed by atoms with Gasteiger partial charge >= 0.3 is 0 Å². The van der Waals surface area contributed by atoms with Crippen molar-refractivity contribution in [3.63, 3.8) is 0 Å². The van der Waals surface area contributed by atoms with Crippen LogP contribution in [-0.4, -0.2) is 31.4 Å². The van der Waals surface area contributed by atoms with Crippen molar-refractivity contribution in [2.75, 3.05) is 11.1 Å². The van der Waals surface area contributed by atoms with Gasteiger partial charge in [-0.3, -0.25) is 9.36 Å². The fourth-order valence-corrected chi connectivity index (χ4v) is 4.80. The van der Waals surface area contributed by atoms with Gasteiger partial charge in [-0.05, 0) is 24.3 Å². The summed E-state index contributed by atoms with van der Waals surface area (Å²) in [6.45, 7) is 4.32. The van der Waals surface area contributed by atoms with E-state index in [9.17, 15) is 4.79 Å². The van der Waals surface area contributed by atoms with E-state index in [4.69, 9.17) is 4.42 Å². The molecule has 0 bridgehead atoms. The van der Waals surface area contributed by atoms with Gasteiger partial charge in [-0.1, -0.05) is 59.5 Å². The number of thiazole rings is 1. The Bertz CT molecular complexity index is 1340. The number of amides is 1. The molecule has 0 saturated carbocycles. The van der Waals surface area contributed by atoms with Crippen LogP contribution in [0.25, 0.3) is 32.8 Å². The second kappa shape index (κ2) is 8.37. The predicted molar refractivity (Wildman–Crippen MR) is 124 cm³/mol. The topological polar surface area (TPSA) is 85.8 Å². The molecule has 154 valence electrons. The highest BCUT2D eigenvalue weighted by atomic mass is 32.2. The van der Waals surface area contributed by atoms with E-state index in [0.29, 0.717) is 28.4 Å². The number of carbonyl (C=O) groups excluding carboxylic acids is 1. The number of nitrogens with one attached hydrogen (secondary N) is 1. The van der Waals surface area contributed by atoms with Crippen molar-refractivity contribution in [3.8, 4) is 11.6 Å². The van der Waals surface area contributed by atoms with Gasteiger partial charge in [0, 0.05) is 11.9 Å². The number of aromatic nitrogens is 4. The van der Waals surface area contributed by atoms with Gasteiger partial charge in [-0.25, -0.2) is 4.98 Å². The lowest BCUT2D eigenvalue weighted by molar-refractivity contribution is -0.113. The van der Waals surface area contributed by atoms with Crippen molar-refractivity contribution in [1.29, 1.82) is 0 Å². The molecule has 3 aromatic heterocycles. The molecule has 0 atom stereocenters. The third kappa shape index (κ3) is 3.97. The number of anilines is 1. The van der Waals surface area contributed by atoms with Gasteiger partial charge in [-0.2, -0.15) is 0 Å². The van der Waals surface area contributed by atoms with Crippen LogP contribution in [0.4, 0.5) is 5.13 Å². The van der Waals surface area contributed by atoms with Crippen LogP contribution < -0.4 is 5.32 Å². The number of hydrogen-bond acceptors (Lipinski definition) is 7. The van der Waals surface area contributed by atoms with E-state index in [2.05, 4.69) is 27.1 Å². The van der Waals surface area contributed by atoms with E-state index in [-0.39, 0.29) is 11.7 Å². The zero-order chi connectivity index (χ0) is 21.2. The Morgan fingerprint density at radius 1 is 1.19 bits per heavy atom. The number of benzene rings is 2. The van der Waals surface area contributed by atoms with Crippen molar-refractivity contribution in [2.45, 2.75) is 11.7 Å². The van der Waals surface area contributed by atoms with Crippen molar-refractivity contribution in [2.24, 2.45) is 0 Å². The van der Waals surface area contributed by atoms with Gasteiger partial charge in [0.2, 0.25) is 11.7 Å². The first-order chi connectivity index (χ1) is 15.2. The van der Waals surface area contributed by atoms with E-state index in [1.165, 1.54) is 23.1 Å². The Balaban J connectivity index is 1.32. The standard InChI is InChI=1S/C22H17N5O2S2/c1-2-11-27-20(17-12-14-7-3-5-9-16(14)29-17)25-26-22(27)30-13-19(28)24-21-23-15-8-4-6-10-18(15)31-21/h2-10,12H,1,11,13H2,(H,23,24,28). The highest BCUT2D eigenvalue weighted by Crippen LogP contribution is 2.30. The first kappa shape index (κ1) is 19.5. The fourth-order valence-electron chi connectivity index (χ4n) is 3.17. The van der Waals surface area contributed by atoms with Crippen LogP contribution in [0, 0.1) is 0 Å². The number of para-hydroxylation sites is 2. The molecular weight excluding hydrogens is 430 g/mol. The lowest BCUT2D eigenvalue weighted by Crippen LogP contribution is -2.14. The molecule has 5 aromatic rings. The van der Waals surface area contributed by atoms with Crippen molar-refractivity contribution >= 4 is 55.3 Å². The summed E-state index contributed by atoms with van der Waals surface area (Å²) in [5.74, 6) is 1.26. The van der Waals surface area contributed by atoms with Crippen LogP contribution in [0.2, 0.25) is 0 Å². The summed E-state index contributed by atoms with van der Waals surface area (Å²) in [5, 5.41) is 13.6. The van der Waals surface area contributed by atoms with Gasteiger partial charge in [0.25, 0.3) is 0 Å². The zero-order valence-electron chi connectivity index (χ0n) is 16.3. The van der Waals surface area contributed by atoms with Crippen LogP contribution in [0.1, 0.15) is 0 Å². The van der Waals surface area contributed by atoms with Gasteiger partial charge in [-0.15, -0.1) is 16.8 Å². The second-order valence-corrected chi connectivity index (χ2v) is 8.65. The van der Waals surface area contributed by atoms with Crippen LogP contribution in [0.15, 0.2) is 76.8 Å². The molecule has 0 unspecified atom stereocenters. The fraction of sp³-hybridized carbons (Fsp3) is 0.0909. The Hall–Kier alpha value is -3.43. The Morgan fingerprint density at radius 2 is 2.03 bits per heavy atom. The van der Waals surface area contributed by atoms with Gasteiger partial charge in [0.1, 0.15) is 5.58 Å². The Kier molecular flexibility index (Phi) is 5.27. The average molecular weight is 448 g/mol. The second-order valence-electron chi connectivity index (χ2n) is 6.68. The SMILES string of the molecule is C=CCn1c(SCC(=O)Nc2nc3ccccc3s2)nnc1-c1cc2ccccc2o1. The maximum atomic E-state index is 12.5. The van der Waals surface area contributed by atoms with Crippen molar-refractivity contribution in [1.82, 2.24) is 19.7 Å². The average Bonchev–Trinajstić information content (AvgIpc) is 3.48. The number of furan rings is 1. The summed E-state index contributed by atoms with van der Waals surface area (Å²) in [5.41, 5.74) is 1.66. The van der Waals surface area contributed by atoms with E-state index in [0.717, 1.165) is 21.2 Å². The van der Waals surface area contributed by atoms with Crippen molar-refractivity contribution < 1.29 is 9.21 Å². The summed E-state index contributed by atoms with van der Waals surface area (Å²) in [7, 11) is 0. The summed E-state index contributed by atoms with van der Waals surface area (Å²) in [6.07, 6.45) is 1.76. The zero-order valence-corrected chi connectivity index (χ0v) is 17.9. The number of thioether (sulfide) groups is 1. The molecule has 0 aliphatic heterocycles. The maximum Gasteiger partial charge on any atom is 0.236 e. The van der Waals surface area contributed by atoms with Crippen LogP contribution >= 0.6 is 23.1 Å².